The van der Waals surface area contributed by atoms with Crippen molar-refractivity contribution in [1.29, 1.82) is 0 Å². The lowest BCUT2D eigenvalue weighted by Gasteiger charge is -2.22. The zero-order valence-electron chi connectivity index (χ0n) is 7.45. The van der Waals surface area contributed by atoms with Gasteiger partial charge in [-0.3, -0.25) is 4.79 Å². The average molecular weight is 185 g/mol. The molecule has 2 aliphatic rings. The van der Waals surface area contributed by atoms with E-state index in [0.29, 0.717) is 13.2 Å². The van der Waals surface area contributed by atoms with E-state index >= 15 is 0 Å². The number of nitrogens with two attached hydrogens (primary N) is 1. The molecule has 3 atom stereocenters. The van der Waals surface area contributed by atoms with Gasteiger partial charge in [-0.25, -0.2) is 0 Å². The lowest BCUT2D eigenvalue weighted by Crippen LogP contribution is -2.48. The van der Waals surface area contributed by atoms with Crippen LogP contribution in [0.3, 0.4) is 0 Å². The number of nitrogens with one attached hydrogen (secondary N) is 2. The van der Waals surface area contributed by atoms with Gasteiger partial charge in [0.2, 0.25) is 0 Å². The molecule has 0 aromatic rings. The molecular formula is C8H15N3O2. The second kappa shape index (κ2) is 3.61. The van der Waals surface area contributed by atoms with Crippen LogP contribution in [0.5, 0.6) is 0 Å². The summed E-state index contributed by atoms with van der Waals surface area (Å²) in [6.45, 7) is 2.04. The van der Waals surface area contributed by atoms with E-state index in [1.165, 1.54) is 0 Å². The molecule has 1 heterocycles. The van der Waals surface area contributed by atoms with Crippen LogP contribution >= 0.6 is 0 Å². The molecule has 1 amide bonds. The van der Waals surface area contributed by atoms with Crippen LogP contribution in [0.1, 0.15) is 6.42 Å². The first kappa shape index (κ1) is 8.93. The Balaban J connectivity index is 1.75. The molecule has 0 spiro atoms. The minimum Gasteiger partial charge on any atom is -0.366 e. The standard InChI is InChI=1S/C8H15N3O2/c9-5-3-6(5)11-8(12)7-4-10-1-2-13-7/h5-7,10H,1-4,9H2,(H,11,12)/t5?,6?,7-/m0/s1. The lowest BCUT2D eigenvalue weighted by atomic mass is 10.3. The van der Waals surface area contributed by atoms with Gasteiger partial charge in [-0.15, -0.1) is 0 Å². The molecule has 1 aliphatic carbocycles. The number of morpholine rings is 1. The maximum atomic E-state index is 11.5. The first-order valence-electron chi connectivity index (χ1n) is 4.65. The zero-order valence-corrected chi connectivity index (χ0v) is 7.45. The molecule has 2 unspecified atom stereocenters. The predicted molar refractivity (Wildman–Crippen MR) is 47.1 cm³/mol. The molecular weight excluding hydrogens is 170 g/mol. The molecule has 5 heteroatoms. The molecule has 1 saturated carbocycles. The minimum atomic E-state index is -0.332. The van der Waals surface area contributed by atoms with Gasteiger partial charge in [0.05, 0.1) is 6.61 Å². The van der Waals surface area contributed by atoms with Crippen LogP contribution in [-0.4, -0.2) is 43.8 Å². The fourth-order valence-electron chi connectivity index (χ4n) is 1.39. The van der Waals surface area contributed by atoms with Crippen LogP contribution in [0, 0.1) is 0 Å². The Morgan fingerprint density at radius 1 is 1.62 bits per heavy atom. The Hall–Kier alpha value is -0.650. The number of hydrogen-bond donors (Lipinski definition) is 3. The maximum absolute atomic E-state index is 11.5. The largest absolute Gasteiger partial charge is 0.366 e. The molecule has 2 fully saturated rings. The summed E-state index contributed by atoms with van der Waals surface area (Å²) in [5, 5.41) is 5.95. The average Bonchev–Trinajstić information content (AvgIpc) is 2.83. The molecule has 1 saturated heterocycles. The SMILES string of the molecule is NC1CC1NC(=O)[C@@H]1CNCCO1. The highest BCUT2D eigenvalue weighted by Gasteiger charge is 2.36. The zero-order chi connectivity index (χ0) is 9.26. The van der Waals surface area contributed by atoms with Crippen molar-refractivity contribution in [3.63, 3.8) is 0 Å². The summed E-state index contributed by atoms with van der Waals surface area (Å²) < 4.78 is 5.29. The van der Waals surface area contributed by atoms with Crippen molar-refractivity contribution < 1.29 is 9.53 Å². The summed E-state index contributed by atoms with van der Waals surface area (Å²) in [7, 11) is 0. The highest BCUT2D eigenvalue weighted by atomic mass is 16.5. The van der Waals surface area contributed by atoms with Gasteiger partial charge >= 0.3 is 0 Å². The summed E-state index contributed by atoms with van der Waals surface area (Å²) >= 11 is 0. The second-order valence-corrected chi connectivity index (χ2v) is 3.58. The summed E-state index contributed by atoms with van der Waals surface area (Å²) in [5.74, 6) is -0.0369. The Morgan fingerprint density at radius 3 is 2.92 bits per heavy atom. The lowest BCUT2D eigenvalue weighted by molar-refractivity contribution is -0.134. The third kappa shape index (κ3) is 2.18. The molecule has 0 bridgehead atoms. The minimum absolute atomic E-state index is 0.0369. The topological polar surface area (TPSA) is 76.4 Å². The second-order valence-electron chi connectivity index (χ2n) is 3.58. The number of hydrogen-bond acceptors (Lipinski definition) is 4. The fourth-order valence-corrected chi connectivity index (χ4v) is 1.39. The molecule has 13 heavy (non-hydrogen) atoms. The third-order valence-electron chi connectivity index (χ3n) is 2.39. The van der Waals surface area contributed by atoms with Crippen molar-refractivity contribution in [3.05, 3.63) is 0 Å². The Kier molecular flexibility index (Phi) is 2.48. The Labute approximate surface area is 77.0 Å². The number of amides is 1. The third-order valence-corrected chi connectivity index (χ3v) is 2.39. The van der Waals surface area contributed by atoms with Crippen molar-refractivity contribution in [2.45, 2.75) is 24.6 Å². The highest BCUT2D eigenvalue weighted by Crippen LogP contribution is 2.17. The van der Waals surface area contributed by atoms with Gasteiger partial charge in [-0.05, 0) is 6.42 Å². The van der Waals surface area contributed by atoms with Crippen molar-refractivity contribution in [1.82, 2.24) is 10.6 Å². The highest BCUT2D eigenvalue weighted by molar-refractivity contribution is 5.81. The van der Waals surface area contributed by atoms with Crippen LogP contribution in [0.15, 0.2) is 0 Å². The summed E-state index contributed by atoms with van der Waals surface area (Å²) in [6, 6.07) is 0.332. The number of carbonyl (C=O) groups excluding carboxylic acids is 1. The smallest absolute Gasteiger partial charge is 0.250 e. The van der Waals surface area contributed by atoms with Gasteiger partial charge in [-0.2, -0.15) is 0 Å². The van der Waals surface area contributed by atoms with Crippen LogP contribution in [0.4, 0.5) is 0 Å². The molecule has 5 nitrogen and oxygen atoms in total. The molecule has 2 rings (SSSR count). The van der Waals surface area contributed by atoms with Gasteiger partial charge in [0.25, 0.3) is 5.91 Å². The molecule has 1 aliphatic heterocycles. The number of carbonyl (C=O) groups is 1. The number of rotatable bonds is 2. The van der Waals surface area contributed by atoms with Crippen LogP contribution < -0.4 is 16.4 Å². The van der Waals surface area contributed by atoms with Crippen LogP contribution in [0.25, 0.3) is 0 Å². The fraction of sp³-hybridized carbons (Fsp3) is 0.875. The van der Waals surface area contributed by atoms with E-state index in [1.807, 2.05) is 0 Å². The van der Waals surface area contributed by atoms with Crippen molar-refractivity contribution in [3.8, 4) is 0 Å². The normalized spacial score (nSPS) is 38.4. The molecule has 4 N–H and O–H groups in total. The molecule has 0 radical (unpaired) electrons. The Morgan fingerprint density at radius 2 is 2.38 bits per heavy atom. The monoisotopic (exact) mass is 185 g/mol. The van der Waals surface area contributed by atoms with E-state index in [-0.39, 0.29) is 24.1 Å². The molecule has 74 valence electrons. The van der Waals surface area contributed by atoms with E-state index < -0.39 is 0 Å². The van der Waals surface area contributed by atoms with Gasteiger partial charge in [-0.1, -0.05) is 0 Å². The van der Waals surface area contributed by atoms with Gasteiger partial charge in [0.1, 0.15) is 6.10 Å². The van der Waals surface area contributed by atoms with E-state index in [4.69, 9.17) is 10.5 Å². The van der Waals surface area contributed by atoms with Crippen molar-refractivity contribution >= 4 is 5.91 Å². The van der Waals surface area contributed by atoms with Crippen LogP contribution in [0.2, 0.25) is 0 Å². The van der Waals surface area contributed by atoms with Crippen molar-refractivity contribution in [2.24, 2.45) is 5.73 Å². The quantitative estimate of drug-likeness (QED) is 0.474. The molecule has 0 aromatic heterocycles. The maximum Gasteiger partial charge on any atom is 0.250 e. The van der Waals surface area contributed by atoms with E-state index in [0.717, 1.165) is 13.0 Å². The first-order valence-corrected chi connectivity index (χ1v) is 4.65. The summed E-state index contributed by atoms with van der Waals surface area (Å²) in [6.07, 6.45) is 0.563. The van der Waals surface area contributed by atoms with E-state index in [1.54, 1.807) is 0 Å². The van der Waals surface area contributed by atoms with E-state index in [2.05, 4.69) is 10.6 Å². The summed E-state index contributed by atoms with van der Waals surface area (Å²) in [4.78, 5) is 11.5. The summed E-state index contributed by atoms with van der Waals surface area (Å²) in [5.41, 5.74) is 5.57. The van der Waals surface area contributed by atoms with Gasteiger partial charge in [0, 0.05) is 25.2 Å². The first-order chi connectivity index (χ1) is 6.27. The predicted octanol–water partition coefficient (Wildman–Crippen LogP) is -1.81. The Bertz CT molecular complexity index is 204. The van der Waals surface area contributed by atoms with Crippen LogP contribution in [-0.2, 0) is 9.53 Å². The number of ether oxygens (including phenoxy) is 1. The van der Waals surface area contributed by atoms with Gasteiger partial charge < -0.3 is 21.1 Å². The van der Waals surface area contributed by atoms with Crippen molar-refractivity contribution in [2.75, 3.05) is 19.7 Å². The van der Waals surface area contributed by atoms with Gasteiger partial charge in [0.15, 0.2) is 0 Å². The molecule has 0 aromatic carbocycles. The van der Waals surface area contributed by atoms with E-state index in [9.17, 15) is 4.79 Å².